The van der Waals surface area contributed by atoms with Crippen molar-refractivity contribution in [2.75, 3.05) is 5.32 Å². The average Bonchev–Trinajstić information content (AvgIpc) is 2.52. The Labute approximate surface area is 84.2 Å². The monoisotopic (exact) mass is 212 g/mol. The van der Waals surface area contributed by atoms with Crippen molar-refractivity contribution in [1.29, 1.82) is 0 Å². The van der Waals surface area contributed by atoms with Gasteiger partial charge in [0, 0.05) is 0 Å². The third kappa shape index (κ3) is 2.40. The maximum atomic E-state index is 10.2. The number of thiophene rings is 1. The van der Waals surface area contributed by atoms with E-state index >= 15 is 0 Å². The lowest BCUT2D eigenvalue weighted by atomic mass is 10.4. The molecule has 5 nitrogen and oxygen atoms in total. The lowest BCUT2D eigenvalue weighted by Crippen LogP contribution is -2.02. The molecule has 0 bridgehead atoms. The van der Waals surface area contributed by atoms with Crippen molar-refractivity contribution in [2.24, 2.45) is 0 Å². The highest BCUT2D eigenvalue weighted by Crippen LogP contribution is 2.21. The van der Waals surface area contributed by atoms with Crippen LogP contribution in [-0.4, -0.2) is 11.2 Å². The predicted molar refractivity (Wildman–Crippen MR) is 53.8 cm³/mol. The highest BCUT2D eigenvalue weighted by Gasteiger charge is 2.08. The van der Waals surface area contributed by atoms with Crippen molar-refractivity contribution in [3.8, 4) is 0 Å². The van der Waals surface area contributed by atoms with Crippen LogP contribution >= 0.6 is 11.3 Å². The van der Waals surface area contributed by atoms with Gasteiger partial charge in [-0.3, -0.25) is 14.9 Å². The first-order valence-electron chi connectivity index (χ1n) is 3.75. The van der Waals surface area contributed by atoms with E-state index in [-0.39, 0.29) is 6.29 Å². The van der Waals surface area contributed by atoms with Crippen LogP contribution in [0.15, 0.2) is 23.3 Å². The number of nitrogens with one attached hydrogen (secondary N) is 1. The molecule has 0 fully saturated rings. The van der Waals surface area contributed by atoms with E-state index < -0.39 is 10.6 Å². The standard InChI is InChI=1S/C8H8N2O3S/c1-6-2-3-14-8(6)9-4-7(5-11)10(12)13/h2-5,9H,1H3. The Hall–Kier alpha value is -1.69. The van der Waals surface area contributed by atoms with E-state index in [1.54, 1.807) is 0 Å². The van der Waals surface area contributed by atoms with Gasteiger partial charge < -0.3 is 5.32 Å². The van der Waals surface area contributed by atoms with Gasteiger partial charge in [0.25, 0.3) is 0 Å². The Morgan fingerprint density at radius 2 is 2.43 bits per heavy atom. The Balaban J connectivity index is 2.75. The number of carbonyl (C=O) groups is 1. The van der Waals surface area contributed by atoms with E-state index in [0.717, 1.165) is 16.8 Å². The molecule has 14 heavy (non-hydrogen) atoms. The fraction of sp³-hybridized carbons (Fsp3) is 0.125. The second-order valence-corrected chi connectivity index (χ2v) is 3.44. The lowest BCUT2D eigenvalue weighted by molar-refractivity contribution is -0.417. The molecule has 0 saturated heterocycles. The van der Waals surface area contributed by atoms with Crippen LogP contribution in [0, 0.1) is 17.0 Å². The summed E-state index contributed by atoms with van der Waals surface area (Å²) >= 11 is 1.42. The topological polar surface area (TPSA) is 72.2 Å². The smallest absolute Gasteiger partial charge is 0.324 e. The van der Waals surface area contributed by atoms with Gasteiger partial charge in [-0.05, 0) is 23.9 Å². The molecule has 1 N–H and O–H groups in total. The van der Waals surface area contributed by atoms with Gasteiger partial charge in [-0.1, -0.05) is 0 Å². The minimum absolute atomic E-state index is 0.204. The van der Waals surface area contributed by atoms with E-state index in [0.29, 0.717) is 0 Å². The zero-order chi connectivity index (χ0) is 10.6. The lowest BCUT2D eigenvalue weighted by Gasteiger charge is -1.96. The second-order valence-electron chi connectivity index (χ2n) is 2.52. The predicted octanol–water partition coefficient (Wildman–Crippen LogP) is 1.79. The van der Waals surface area contributed by atoms with Crippen LogP contribution in [0.3, 0.4) is 0 Å². The van der Waals surface area contributed by atoms with Gasteiger partial charge in [-0.2, -0.15) is 0 Å². The van der Waals surface area contributed by atoms with Crippen LogP contribution in [-0.2, 0) is 4.79 Å². The third-order valence-electron chi connectivity index (χ3n) is 1.54. The molecule has 0 radical (unpaired) electrons. The molecule has 0 aliphatic rings. The van der Waals surface area contributed by atoms with Crippen LogP contribution in [0.4, 0.5) is 5.00 Å². The van der Waals surface area contributed by atoms with Gasteiger partial charge in [0.05, 0.1) is 16.1 Å². The molecule has 1 heterocycles. The van der Waals surface area contributed by atoms with Crippen molar-refractivity contribution in [3.05, 3.63) is 39.0 Å². The first kappa shape index (κ1) is 10.4. The van der Waals surface area contributed by atoms with Crippen molar-refractivity contribution < 1.29 is 9.72 Å². The molecule has 0 saturated carbocycles. The maximum absolute atomic E-state index is 10.2. The Morgan fingerprint density at radius 1 is 1.71 bits per heavy atom. The van der Waals surface area contributed by atoms with Crippen LogP contribution in [0.1, 0.15) is 5.56 Å². The van der Waals surface area contributed by atoms with E-state index in [1.165, 1.54) is 11.3 Å². The fourth-order valence-corrected chi connectivity index (χ4v) is 1.58. The van der Waals surface area contributed by atoms with Crippen LogP contribution in [0.2, 0.25) is 0 Å². The zero-order valence-electron chi connectivity index (χ0n) is 7.39. The Morgan fingerprint density at radius 3 is 2.86 bits per heavy atom. The van der Waals surface area contributed by atoms with E-state index in [9.17, 15) is 14.9 Å². The van der Waals surface area contributed by atoms with E-state index in [4.69, 9.17) is 0 Å². The molecule has 1 aromatic heterocycles. The number of nitro groups is 1. The molecule has 0 aliphatic carbocycles. The van der Waals surface area contributed by atoms with Crippen LogP contribution < -0.4 is 5.32 Å². The van der Waals surface area contributed by atoms with Crippen LogP contribution in [0.25, 0.3) is 0 Å². The number of anilines is 1. The number of rotatable bonds is 4. The number of aldehydes is 1. The minimum Gasteiger partial charge on any atom is -0.347 e. The van der Waals surface area contributed by atoms with Gasteiger partial charge >= 0.3 is 5.70 Å². The molecular weight excluding hydrogens is 204 g/mol. The summed E-state index contributed by atoms with van der Waals surface area (Å²) in [5.74, 6) is 0. The summed E-state index contributed by atoms with van der Waals surface area (Å²) in [4.78, 5) is 19.8. The number of carbonyl (C=O) groups excluding carboxylic acids is 1. The highest BCUT2D eigenvalue weighted by atomic mass is 32.1. The molecule has 0 aromatic carbocycles. The van der Waals surface area contributed by atoms with Crippen molar-refractivity contribution in [1.82, 2.24) is 0 Å². The van der Waals surface area contributed by atoms with Gasteiger partial charge in [-0.25, -0.2) is 0 Å². The number of hydrogen-bond donors (Lipinski definition) is 1. The van der Waals surface area contributed by atoms with Crippen molar-refractivity contribution in [3.63, 3.8) is 0 Å². The summed E-state index contributed by atoms with van der Waals surface area (Å²) in [5.41, 5.74) is 0.498. The quantitative estimate of drug-likeness (QED) is 0.357. The summed E-state index contributed by atoms with van der Waals surface area (Å²) < 4.78 is 0. The Kier molecular flexibility index (Phi) is 3.35. The Bertz CT molecular complexity index is 384. The third-order valence-corrected chi connectivity index (χ3v) is 2.49. The first-order valence-corrected chi connectivity index (χ1v) is 4.63. The van der Waals surface area contributed by atoms with Gasteiger partial charge in [0.1, 0.15) is 0 Å². The number of hydrogen-bond acceptors (Lipinski definition) is 5. The van der Waals surface area contributed by atoms with Gasteiger partial charge in [0.15, 0.2) is 0 Å². The summed E-state index contributed by atoms with van der Waals surface area (Å²) in [7, 11) is 0. The molecule has 6 heteroatoms. The number of aryl methyl sites for hydroxylation is 1. The average molecular weight is 212 g/mol. The second kappa shape index (κ2) is 4.52. The fourth-order valence-electron chi connectivity index (χ4n) is 0.790. The van der Waals surface area contributed by atoms with Crippen molar-refractivity contribution >= 4 is 22.6 Å². The normalized spacial score (nSPS) is 11.1. The molecule has 0 aliphatic heterocycles. The van der Waals surface area contributed by atoms with Crippen molar-refractivity contribution in [2.45, 2.75) is 6.92 Å². The van der Waals surface area contributed by atoms with Crippen LogP contribution in [0.5, 0.6) is 0 Å². The largest absolute Gasteiger partial charge is 0.347 e. The van der Waals surface area contributed by atoms with Gasteiger partial charge in [-0.15, -0.1) is 11.3 Å². The summed E-state index contributed by atoms with van der Waals surface area (Å²) in [6, 6.07) is 1.88. The maximum Gasteiger partial charge on any atom is 0.324 e. The molecule has 0 atom stereocenters. The molecule has 0 amide bonds. The number of nitrogens with zero attached hydrogens (tertiary/aromatic N) is 1. The molecule has 1 rings (SSSR count). The summed E-state index contributed by atoms with van der Waals surface area (Å²) in [5, 5.41) is 15.6. The molecule has 1 aromatic rings. The summed E-state index contributed by atoms with van der Waals surface area (Å²) in [6.45, 7) is 1.87. The molecule has 74 valence electrons. The molecular formula is C8H8N2O3S. The highest BCUT2D eigenvalue weighted by molar-refractivity contribution is 7.14. The van der Waals surface area contributed by atoms with E-state index in [2.05, 4.69) is 5.32 Å². The van der Waals surface area contributed by atoms with E-state index in [1.807, 2.05) is 18.4 Å². The molecule has 0 unspecified atom stereocenters. The minimum atomic E-state index is -0.733. The zero-order valence-corrected chi connectivity index (χ0v) is 8.21. The summed E-state index contributed by atoms with van der Waals surface area (Å²) in [6.07, 6.45) is 1.29. The SMILES string of the molecule is Cc1ccsc1NC=C(C=O)[N+](=O)[O-]. The first-order chi connectivity index (χ1) is 6.65. The number of allylic oxidation sites excluding steroid dienone is 1. The molecule has 0 spiro atoms. The van der Waals surface area contributed by atoms with Gasteiger partial charge in [0.2, 0.25) is 6.29 Å².